The first-order valence-electron chi connectivity index (χ1n) is 7.56. The molecule has 0 unspecified atom stereocenters. The van der Waals surface area contributed by atoms with Gasteiger partial charge in [0.25, 0.3) is 0 Å². The van der Waals surface area contributed by atoms with Gasteiger partial charge < -0.3 is 0 Å². The van der Waals surface area contributed by atoms with E-state index in [1.165, 1.54) is 8.61 Å². The second-order valence-electron chi connectivity index (χ2n) is 6.49. The number of para-hydroxylation sites is 2. The fourth-order valence-corrected chi connectivity index (χ4v) is 4.27. The summed E-state index contributed by atoms with van der Waals surface area (Å²) in [5.74, 6) is 0. The van der Waals surface area contributed by atoms with E-state index in [9.17, 15) is 8.42 Å². The standard InChI is InChI=1S/C15H21N5O2S/c1-5-18-13-8-6-7-9-14(13)19(23(18,21)22)10-12-11-20(17-16-12)15(2,3)4/h6-9,11H,5,10H2,1-4H3. The minimum atomic E-state index is -3.57. The summed E-state index contributed by atoms with van der Waals surface area (Å²) in [5.41, 5.74) is 1.82. The lowest BCUT2D eigenvalue weighted by Crippen LogP contribution is -2.37. The van der Waals surface area contributed by atoms with Crippen molar-refractivity contribution in [3.63, 3.8) is 0 Å². The predicted octanol–water partition coefficient (Wildman–Crippen LogP) is 2.12. The summed E-state index contributed by atoms with van der Waals surface area (Å²) in [6, 6.07) is 7.32. The van der Waals surface area contributed by atoms with Crippen LogP contribution in [0.3, 0.4) is 0 Å². The Hall–Kier alpha value is -2.09. The summed E-state index contributed by atoms with van der Waals surface area (Å²) < 4.78 is 30.1. The summed E-state index contributed by atoms with van der Waals surface area (Å²) in [6.07, 6.45) is 1.80. The number of fused-ring (bicyclic) bond motifs is 1. The number of benzene rings is 1. The molecule has 2 heterocycles. The van der Waals surface area contributed by atoms with Crippen LogP contribution in [0.1, 0.15) is 33.4 Å². The minimum Gasteiger partial charge on any atom is -0.251 e. The normalized spacial score (nSPS) is 16.7. The number of nitrogens with zero attached hydrogens (tertiary/aromatic N) is 5. The van der Waals surface area contributed by atoms with Crippen LogP contribution in [0.4, 0.5) is 11.4 Å². The van der Waals surface area contributed by atoms with E-state index < -0.39 is 10.2 Å². The Labute approximate surface area is 136 Å². The summed E-state index contributed by atoms with van der Waals surface area (Å²) in [5, 5.41) is 8.23. The molecule has 3 rings (SSSR count). The van der Waals surface area contributed by atoms with Crippen LogP contribution in [-0.2, 0) is 22.3 Å². The maximum absolute atomic E-state index is 12.8. The molecule has 2 aromatic rings. The van der Waals surface area contributed by atoms with Gasteiger partial charge in [0.05, 0.1) is 29.7 Å². The Kier molecular flexibility index (Phi) is 3.59. The number of aromatic nitrogens is 3. The highest BCUT2D eigenvalue weighted by molar-refractivity contribution is 7.94. The van der Waals surface area contributed by atoms with Gasteiger partial charge in [-0.1, -0.05) is 17.3 Å². The van der Waals surface area contributed by atoms with Gasteiger partial charge in [-0.25, -0.2) is 8.99 Å². The average molecular weight is 335 g/mol. The zero-order chi connectivity index (χ0) is 16.8. The van der Waals surface area contributed by atoms with Crippen LogP contribution in [-0.4, -0.2) is 30.0 Å². The van der Waals surface area contributed by atoms with Crippen LogP contribution in [0, 0.1) is 0 Å². The molecule has 0 saturated carbocycles. The maximum atomic E-state index is 12.8. The highest BCUT2D eigenvalue weighted by Gasteiger charge is 2.39. The van der Waals surface area contributed by atoms with Gasteiger partial charge in [-0.05, 0) is 39.8 Å². The highest BCUT2D eigenvalue weighted by Crippen LogP contribution is 2.41. The molecule has 124 valence electrons. The molecular weight excluding hydrogens is 314 g/mol. The molecule has 1 aliphatic heterocycles. The van der Waals surface area contributed by atoms with Gasteiger partial charge in [-0.2, -0.15) is 8.42 Å². The van der Waals surface area contributed by atoms with Gasteiger partial charge in [-0.3, -0.25) is 4.31 Å². The van der Waals surface area contributed by atoms with Gasteiger partial charge >= 0.3 is 10.2 Å². The molecule has 7 nitrogen and oxygen atoms in total. The Morgan fingerprint density at radius 1 is 1.09 bits per heavy atom. The quantitative estimate of drug-likeness (QED) is 0.861. The molecule has 1 aromatic carbocycles. The van der Waals surface area contributed by atoms with E-state index in [1.54, 1.807) is 10.9 Å². The largest absolute Gasteiger partial charge is 0.326 e. The van der Waals surface area contributed by atoms with Gasteiger partial charge in [-0.15, -0.1) is 5.10 Å². The molecule has 8 heteroatoms. The monoisotopic (exact) mass is 335 g/mol. The number of rotatable bonds is 3. The Morgan fingerprint density at radius 3 is 2.22 bits per heavy atom. The molecule has 0 fully saturated rings. The van der Waals surface area contributed by atoms with Gasteiger partial charge in [0, 0.05) is 6.54 Å². The lowest BCUT2D eigenvalue weighted by molar-refractivity contribution is 0.347. The molecule has 0 amide bonds. The van der Waals surface area contributed by atoms with E-state index in [0.717, 1.165) is 0 Å². The molecule has 0 bridgehead atoms. The topological polar surface area (TPSA) is 71.3 Å². The van der Waals surface area contributed by atoms with Crippen molar-refractivity contribution < 1.29 is 8.42 Å². The predicted molar refractivity (Wildman–Crippen MR) is 89.6 cm³/mol. The average Bonchev–Trinajstić information content (AvgIpc) is 3.01. The van der Waals surface area contributed by atoms with Crippen molar-refractivity contribution in [1.29, 1.82) is 0 Å². The van der Waals surface area contributed by atoms with Crippen molar-refractivity contribution >= 4 is 21.6 Å². The third-order valence-corrected chi connectivity index (χ3v) is 5.69. The molecule has 0 saturated heterocycles. The van der Waals surface area contributed by atoms with Crippen molar-refractivity contribution in [2.75, 3.05) is 15.2 Å². The van der Waals surface area contributed by atoms with Gasteiger partial charge in [0.2, 0.25) is 0 Å². The third-order valence-electron chi connectivity index (χ3n) is 3.80. The fraction of sp³-hybridized carbons (Fsp3) is 0.467. The third kappa shape index (κ3) is 2.56. The number of hydrogen-bond donors (Lipinski definition) is 0. The van der Waals surface area contributed by atoms with E-state index in [0.29, 0.717) is 23.6 Å². The summed E-state index contributed by atoms with van der Waals surface area (Å²) in [6.45, 7) is 8.45. The molecule has 23 heavy (non-hydrogen) atoms. The van der Waals surface area contributed by atoms with Crippen molar-refractivity contribution in [1.82, 2.24) is 15.0 Å². The number of anilines is 2. The Bertz CT molecular complexity index is 822. The van der Waals surface area contributed by atoms with E-state index >= 15 is 0 Å². The van der Waals surface area contributed by atoms with Crippen molar-refractivity contribution in [2.45, 2.75) is 39.8 Å². The highest BCUT2D eigenvalue weighted by atomic mass is 32.2. The Balaban J connectivity index is 1.98. The SMILES string of the molecule is CCN1c2ccccc2N(Cc2cn(C(C)(C)C)nn2)S1(=O)=O. The van der Waals surface area contributed by atoms with Crippen LogP contribution >= 0.6 is 0 Å². The summed E-state index contributed by atoms with van der Waals surface area (Å²) in [7, 11) is -3.57. The van der Waals surface area contributed by atoms with Gasteiger partial charge in [0.1, 0.15) is 5.69 Å². The first kappa shape index (κ1) is 15.8. The van der Waals surface area contributed by atoms with Crippen molar-refractivity contribution in [3.8, 4) is 0 Å². The molecule has 0 atom stereocenters. The number of hydrogen-bond acceptors (Lipinski definition) is 4. The second kappa shape index (κ2) is 5.23. The minimum absolute atomic E-state index is 0.173. The Morgan fingerprint density at radius 2 is 1.70 bits per heavy atom. The van der Waals surface area contributed by atoms with Crippen LogP contribution in [0.25, 0.3) is 0 Å². The smallest absolute Gasteiger partial charge is 0.251 e. The zero-order valence-corrected chi connectivity index (χ0v) is 14.6. The molecule has 0 N–H and O–H groups in total. The van der Waals surface area contributed by atoms with Crippen LogP contribution in [0.5, 0.6) is 0 Å². The van der Waals surface area contributed by atoms with Crippen LogP contribution < -0.4 is 8.61 Å². The second-order valence-corrected chi connectivity index (χ2v) is 8.27. The first-order valence-corrected chi connectivity index (χ1v) is 8.96. The van der Waals surface area contributed by atoms with E-state index in [-0.39, 0.29) is 12.1 Å². The maximum Gasteiger partial charge on any atom is 0.326 e. The lowest BCUT2D eigenvalue weighted by atomic mass is 10.1. The zero-order valence-electron chi connectivity index (χ0n) is 13.8. The molecule has 1 aliphatic rings. The van der Waals surface area contributed by atoms with E-state index in [2.05, 4.69) is 10.3 Å². The molecule has 0 aliphatic carbocycles. The van der Waals surface area contributed by atoms with Crippen LogP contribution in [0.15, 0.2) is 30.5 Å². The van der Waals surface area contributed by atoms with E-state index in [1.807, 2.05) is 52.0 Å². The van der Waals surface area contributed by atoms with Gasteiger partial charge in [0.15, 0.2) is 0 Å². The summed E-state index contributed by atoms with van der Waals surface area (Å²) >= 11 is 0. The fourth-order valence-electron chi connectivity index (χ4n) is 2.60. The molecular formula is C15H21N5O2S. The first-order chi connectivity index (χ1) is 10.7. The lowest BCUT2D eigenvalue weighted by Gasteiger charge is -2.20. The molecule has 1 aromatic heterocycles. The van der Waals surface area contributed by atoms with Crippen LogP contribution in [0.2, 0.25) is 0 Å². The summed E-state index contributed by atoms with van der Waals surface area (Å²) in [4.78, 5) is 0. The van der Waals surface area contributed by atoms with Crippen molar-refractivity contribution in [3.05, 3.63) is 36.2 Å². The van der Waals surface area contributed by atoms with Crippen molar-refractivity contribution in [2.24, 2.45) is 0 Å². The van der Waals surface area contributed by atoms with E-state index in [4.69, 9.17) is 0 Å². The molecule has 0 radical (unpaired) electrons. The molecule has 0 spiro atoms.